The fourth-order valence-electron chi connectivity index (χ4n) is 1.29. The Morgan fingerprint density at radius 2 is 1.00 bits per heavy atom. The Balaban J connectivity index is 0.000000531. The van der Waals surface area contributed by atoms with Crippen molar-refractivity contribution in [2.24, 2.45) is 0 Å². The first-order valence-electron chi connectivity index (χ1n) is 4.69. The van der Waals surface area contributed by atoms with Crippen LogP contribution in [0.1, 0.15) is 11.1 Å². The van der Waals surface area contributed by atoms with Gasteiger partial charge in [-0.25, -0.2) is 0 Å². The van der Waals surface area contributed by atoms with E-state index in [1.54, 1.807) is 0 Å². The molecule has 1 nitrogen and oxygen atoms in total. The molecule has 2 heteroatoms. The van der Waals surface area contributed by atoms with Gasteiger partial charge < -0.3 is 0 Å². The van der Waals surface area contributed by atoms with Crippen LogP contribution in [0, 0.1) is 6.42 Å². The fourth-order valence-corrected chi connectivity index (χ4v) is 1.29. The van der Waals surface area contributed by atoms with Crippen LogP contribution < -0.4 is 0 Å². The summed E-state index contributed by atoms with van der Waals surface area (Å²) in [7, 11) is 0. The minimum atomic E-state index is 0.611. The SMILES string of the molecule is [CH](c1ccccc1)c1ccccc1.[O]=[AlH]. The van der Waals surface area contributed by atoms with Crippen LogP contribution in [0.25, 0.3) is 0 Å². The van der Waals surface area contributed by atoms with Crippen molar-refractivity contribution in [3.63, 3.8) is 0 Å². The van der Waals surface area contributed by atoms with E-state index in [9.17, 15) is 0 Å². The molecule has 1 radical (unpaired) electrons. The second kappa shape index (κ2) is 7.12. The number of rotatable bonds is 2. The van der Waals surface area contributed by atoms with E-state index < -0.39 is 0 Å². The Hall–Kier alpha value is -1.23. The van der Waals surface area contributed by atoms with Gasteiger partial charge in [0.2, 0.25) is 0 Å². The Kier molecular flexibility index (Phi) is 5.62. The molecule has 0 spiro atoms. The van der Waals surface area contributed by atoms with Crippen LogP contribution in [-0.2, 0) is 3.80 Å². The van der Waals surface area contributed by atoms with Gasteiger partial charge in [-0.1, -0.05) is 60.7 Å². The molecule has 0 bridgehead atoms. The molecule has 0 fully saturated rings. The molecule has 73 valence electrons. The van der Waals surface area contributed by atoms with Crippen LogP contribution in [0.15, 0.2) is 60.7 Å². The molecule has 0 N–H and O–H groups in total. The van der Waals surface area contributed by atoms with Crippen molar-refractivity contribution in [1.29, 1.82) is 0 Å². The van der Waals surface area contributed by atoms with Crippen molar-refractivity contribution in [2.45, 2.75) is 0 Å². The van der Waals surface area contributed by atoms with Gasteiger partial charge in [0.15, 0.2) is 0 Å². The zero-order valence-electron chi connectivity index (χ0n) is 8.47. The zero-order chi connectivity index (χ0) is 10.9. The van der Waals surface area contributed by atoms with Crippen LogP contribution in [0.3, 0.4) is 0 Å². The normalized spacial score (nSPS) is 8.73. The molecule has 0 heterocycles. The van der Waals surface area contributed by atoms with Gasteiger partial charge in [-0.3, -0.25) is 0 Å². The van der Waals surface area contributed by atoms with Crippen LogP contribution in [0.5, 0.6) is 0 Å². The molecule has 0 aliphatic heterocycles. The molecule has 0 aliphatic carbocycles. The summed E-state index contributed by atoms with van der Waals surface area (Å²) in [6, 6.07) is 20.7. The molecule has 0 amide bonds. The van der Waals surface area contributed by atoms with Crippen LogP contribution in [0.2, 0.25) is 0 Å². The molecule has 0 unspecified atom stereocenters. The molecule has 0 saturated carbocycles. The topological polar surface area (TPSA) is 17.1 Å². The summed E-state index contributed by atoms with van der Waals surface area (Å²) in [5.74, 6) is 0. The average molecular weight is 211 g/mol. The van der Waals surface area contributed by atoms with E-state index in [1.807, 2.05) is 12.1 Å². The van der Waals surface area contributed by atoms with Crippen LogP contribution in [0.4, 0.5) is 0 Å². The second-order valence-corrected chi connectivity index (χ2v) is 2.97. The van der Waals surface area contributed by atoms with Crippen molar-refractivity contribution in [3.05, 3.63) is 78.2 Å². The molecule has 2 rings (SSSR count). The number of benzene rings is 2. The first kappa shape index (κ1) is 11.8. The van der Waals surface area contributed by atoms with Gasteiger partial charge in [0.05, 0.1) is 0 Å². The van der Waals surface area contributed by atoms with Gasteiger partial charge in [-0.05, 0) is 11.1 Å². The van der Waals surface area contributed by atoms with Crippen molar-refractivity contribution < 1.29 is 3.80 Å². The Morgan fingerprint density at radius 1 is 0.667 bits per heavy atom. The van der Waals surface area contributed by atoms with E-state index in [0.29, 0.717) is 16.2 Å². The summed E-state index contributed by atoms with van der Waals surface area (Å²) in [5.41, 5.74) is 2.49. The summed E-state index contributed by atoms with van der Waals surface area (Å²) < 4.78 is 8.28. The minimum absolute atomic E-state index is 0.611. The fraction of sp³-hybridized carbons (Fsp3) is 0. The third-order valence-corrected chi connectivity index (χ3v) is 1.93. The van der Waals surface area contributed by atoms with E-state index in [2.05, 4.69) is 55.0 Å². The first-order valence-corrected chi connectivity index (χ1v) is 5.26. The molecule has 15 heavy (non-hydrogen) atoms. The van der Waals surface area contributed by atoms with Crippen molar-refractivity contribution in [1.82, 2.24) is 0 Å². The van der Waals surface area contributed by atoms with E-state index in [1.165, 1.54) is 11.1 Å². The van der Waals surface area contributed by atoms with E-state index >= 15 is 0 Å². The predicted molar refractivity (Wildman–Crippen MR) is 63.2 cm³/mol. The second-order valence-electron chi connectivity index (χ2n) is 2.97. The molecular formula is C13H12AlO. The van der Waals surface area contributed by atoms with E-state index in [0.717, 1.165) is 0 Å². The van der Waals surface area contributed by atoms with E-state index in [4.69, 9.17) is 3.80 Å². The van der Waals surface area contributed by atoms with Crippen molar-refractivity contribution >= 4 is 16.2 Å². The summed E-state index contributed by atoms with van der Waals surface area (Å²) in [6.45, 7) is 0. The molecule has 0 atom stereocenters. The summed E-state index contributed by atoms with van der Waals surface area (Å²) in [6.07, 6.45) is 2.17. The van der Waals surface area contributed by atoms with Crippen LogP contribution in [-0.4, -0.2) is 16.2 Å². The van der Waals surface area contributed by atoms with Gasteiger partial charge in [0.25, 0.3) is 0 Å². The Morgan fingerprint density at radius 3 is 1.33 bits per heavy atom. The molecule has 0 saturated heterocycles. The van der Waals surface area contributed by atoms with Gasteiger partial charge >= 0.3 is 20.0 Å². The molecule has 2 aromatic rings. The van der Waals surface area contributed by atoms with Crippen molar-refractivity contribution in [3.8, 4) is 0 Å². The quantitative estimate of drug-likeness (QED) is 0.697. The third-order valence-electron chi connectivity index (χ3n) is 1.93. The first-order chi connectivity index (χ1) is 7.45. The van der Waals surface area contributed by atoms with Gasteiger partial charge in [0, 0.05) is 6.42 Å². The standard InChI is InChI=1S/C13H11.Al.O.H/c1-3-7-12(8-4-1)11-13-9-5-2-6-10-13;;;/h1-11H;;;. The maximum atomic E-state index is 8.28. The summed E-state index contributed by atoms with van der Waals surface area (Å²) >= 11 is 0.611. The van der Waals surface area contributed by atoms with Crippen molar-refractivity contribution in [2.75, 3.05) is 0 Å². The number of hydrogen-bond acceptors (Lipinski definition) is 1. The van der Waals surface area contributed by atoms with Gasteiger partial charge in [-0.2, -0.15) is 0 Å². The maximum absolute atomic E-state index is 8.28. The monoisotopic (exact) mass is 211 g/mol. The molecule has 2 aromatic carbocycles. The molecule has 0 aliphatic rings. The van der Waals surface area contributed by atoms with Gasteiger partial charge in [-0.15, -0.1) is 0 Å². The molecule has 0 aromatic heterocycles. The van der Waals surface area contributed by atoms with Gasteiger partial charge in [0.1, 0.15) is 0 Å². The number of hydrogen-bond donors (Lipinski definition) is 0. The summed E-state index contributed by atoms with van der Waals surface area (Å²) in [5, 5.41) is 0. The third kappa shape index (κ3) is 4.21. The Bertz CT molecular complexity index is 335. The Labute approximate surface area is 98.4 Å². The predicted octanol–water partition coefficient (Wildman–Crippen LogP) is 2.52. The average Bonchev–Trinajstić information content (AvgIpc) is 2.34. The summed E-state index contributed by atoms with van der Waals surface area (Å²) in [4.78, 5) is 0. The van der Waals surface area contributed by atoms with Crippen LogP contribution >= 0.6 is 0 Å². The van der Waals surface area contributed by atoms with E-state index in [-0.39, 0.29) is 0 Å². The zero-order valence-corrected chi connectivity index (χ0v) is 9.88. The molecular weight excluding hydrogens is 199 g/mol.